The first-order chi connectivity index (χ1) is 10.9. The van der Waals surface area contributed by atoms with Gasteiger partial charge in [-0.2, -0.15) is 0 Å². The summed E-state index contributed by atoms with van der Waals surface area (Å²) in [5, 5.41) is 27.1. The van der Waals surface area contributed by atoms with E-state index in [4.69, 9.17) is 15.8 Å². The Morgan fingerprint density at radius 3 is 2.43 bits per heavy atom. The zero-order chi connectivity index (χ0) is 17.3. The lowest BCUT2D eigenvalue weighted by Gasteiger charge is -2.34. The first-order valence-electron chi connectivity index (χ1n) is 8.98. The highest BCUT2D eigenvalue weighted by molar-refractivity contribution is 6.40. The quantitative estimate of drug-likeness (QED) is 0.337. The predicted octanol–water partition coefficient (Wildman–Crippen LogP) is 1.31. The third-order valence-corrected chi connectivity index (χ3v) is 5.04. The summed E-state index contributed by atoms with van der Waals surface area (Å²) < 4.78 is 0. The van der Waals surface area contributed by atoms with Gasteiger partial charge in [0.15, 0.2) is 0 Å². The van der Waals surface area contributed by atoms with Gasteiger partial charge in [0.1, 0.15) is 5.54 Å². The van der Waals surface area contributed by atoms with Gasteiger partial charge in [0.05, 0.1) is 0 Å². The Morgan fingerprint density at radius 1 is 1.26 bits per heavy atom. The molecule has 6 nitrogen and oxygen atoms in total. The summed E-state index contributed by atoms with van der Waals surface area (Å²) >= 11 is 0. The molecule has 0 aromatic carbocycles. The molecule has 0 aromatic rings. The lowest BCUT2D eigenvalue weighted by atomic mass is 9.81. The number of nitrogens with zero attached hydrogens (tertiary/aromatic N) is 1. The second-order valence-corrected chi connectivity index (χ2v) is 7.01. The van der Waals surface area contributed by atoms with Crippen LogP contribution in [0.5, 0.6) is 0 Å². The molecule has 0 spiro atoms. The fourth-order valence-electron chi connectivity index (χ4n) is 3.37. The second-order valence-electron chi connectivity index (χ2n) is 7.01. The van der Waals surface area contributed by atoms with Crippen LogP contribution in [0.2, 0.25) is 6.32 Å². The summed E-state index contributed by atoms with van der Waals surface area (Å²) in [6.45, 7) is 5.02. The van der Waals surface area contributed by atoms with Gasteiger partial charge < -0.3 is 25.8 Å². The van der Waals surface area contributed by atoms with E-state index in [9.17, 15) is 9.90 Å². The molecule has 1 heterocycles. The topological polar surface area (TPSA) is 107 Å². The molecular weight excluding hydrogens is 295 g/mol. The number of hydrogen-bond acceptors (Lipinski definition) is 5. The number of likely N-dealkylation sites (tertiary alicyclic amines) is 1. The smallest absolute Gasteiger partial charge is 0.451 e. The minimum atomic E-state index is -1.32. The van der Waals surface area contributed by atoms with Gasteiger partial charge in [-0.05, 0) is 51.0 Å². The van der Waals surface area contributed by atoms with Crippen LogP contribution in [-0.4, -0.2) is 58.3 Å². The van der Waals surface area contributed by atoms with Crippen molar-refractivity contribution in [1.82, 2.24) is 4.90 Å². The number of unbranched alkanes of at least 4 members (excludes halogenated alkanes) is 1. The van der Waals surface area contributed by atoms with Gasteiger partial charge in [0.2, 0.25) is 0 Å². The highest BCUT2D eigenvalue weighted by Gasteiger charge is 2.34. The molecule has 0 aromatic heterocycles. The summed E-state index contributed by atoms with van der Waals surface area (Å²) in [6, 6.07) is 0. The van der Waals surface area contributed by atoms with Crippen LogP contribution < -0.4 is 5.73 Å². The average Bonchev–Trinajstić information content (AvgIpc) is 2.51. The van der Waals surface area contributed by atoms with Crippen molar-refractivity contribution < 1.29 is 19.9 Å². The largest absolute Gasteiger partial charge is 0.480 e. The van der Waals surface area contributed by atoms with E-state index in [-0.39, 0.29) is 6.32 Å². The summed E-state index contributed by atoms with van der Waals surface area (Å²) in [4.78, 5) is 13.8. The number of hydrogen-bond donors (Lipinski definition) is 4. The molecule has 7 heteroatoms. The van der Waals surface area contributed by atoms with Crippen molar-refractivity contribution >= 4 is 13.1 Å². The van der Waals surface area contributed by atoms with Gasteiger partial charge in [-0.1, -0.05) is 32.6 Å². The normalized spacial score (nSPS) is 19.5. The fraction of sp³-hybridized carbons (Fsp3) is 0.938. The van der Waals surface area contributed by atoms with E-state index in [1.54, 1.807) is 0 Å². The van der Waals surface area contributed by atoms with Crippen LogP contribution in [0.1, 0.15) is 58.3 Å². The molecular formula is C16H33BN2O4. The number of rotatable bonds is 11. The maximum atomic E-state index is 11.5. The molecule has 1 rings (SSSR count). The average molecular weight is 328 g/mol. The molecule has 23 heavy (non-hydrogen) atoms. The molecule has 1 fully saturated rings. The molecule has 1 saturated heterocycles. The van der Waals surface area contributed by atoms with Crippen LogP contribution in [0, 0.1) is 5.92 Å². The van der Waals surface area contributed by atoms with Crippen LogP contribution >= 0.6 is 0 Å². The van der Waals surface area contributed by atoms with Crippen LogP contribution in [0.4, 0.5) is 0 Å². The van der Waals surface area contributed by atoms with Crippen LogP contribution in [0.3, 0.4) is 0 Å². The molecule has 5 N–H and O–H groups in total. The van der Waals surface area contributed by atoms with Crippen LogP contribution in [-0.2, 0) is 4.79 Å². The van der Waals surface area contributed by atoms with Gasteiger partial charge in [0, 0.05) is 6.54 Å². The summed E-state index contributed by atoms with van der Waals surface area (Å²) in [7, 11) is -1.32. The third kappa shape index (κ3) is 7.66. The Balaban J connectivity index is 2.33. The minimum Gasteiger partial charge on any atom is -0.480 e. The van der Waals surface area contributed by atoms with E-state index in [0.717, 1.165) is 25.6 Å². The Bertz CT molecular complexity index is 349. The molecule has 1 aliphatic rings. The van der Waals surface area contributed by atoms with Crippen LogP contribution in [0.25, 0.3) is 0 Å². The second kappa shape index (κ2) is 10.3. The zero-order valence-corrected chi connectivity index (χ0v) is 14.4. The standard InChI is InChI=1S/C16H33BN2O4/c1-2-5-14-6-11-19(12-7-14)13-9-16(18,15(20)21)8-3-4-10-17(22)23/h14,22-23H,2-13,18H2,1H3,(H,20,21)/t16-/m1/s1. The van der Waals surface area contributed by atoms with Gasteiger partial charge >= 0.3 is 13.1 Å². The number of carboxylic acid groups (broad SMARTS) is 1. The molecule has 0 saturated carbocycles. The van der Waals surface area contributed by atoms with Gasteiger partial charge in [-0.25, -0.2) is 0 Å². The number of piperidine rings is 1. The van der Waals surface area contributed by atoms with E-state index in [0.29, 0.717) is 25.7 Å². The third-order valence-electron chi connectivity index (χ3n) is 5.04. The molecule has 1 atom stereocenters. The van der Waals surface area contributed by atoms with Crippen LogP contribution in [0.15, 0.2) is 0 Å². The van der Waals surface area contributed by atoms with Crippen molar-refractivity contribution in [1.29, 1.82) is 0 Å². The minimum absolute atomic E-state index is 0.265. The summed E-state index contributed by atoms with van der Waals surface area (Å²) in [6.07, 6.45) is 7.19. The first-order valence-corrected chi connectivity index (χ1v) is 8.98. The van der Waals surface area contributed by atoms with E-state index in [2.05, 4.69) is 11.8 Å². The van der Waals surface area contributed by atoms with Gasteiger partial charge in [0.25, 0.3) is 0 Å². The molecule has 1 aliphatic heterocycles. The highest BCUT2D eigenvalue weighted by atomic mass is 16.4. The maximum absolute atomic E-state index is 11.5. The Kier molecular flexibility index (Phi) is 9.13. The molecule has 0 aliphatic carbocycles. The number of carboxylic acids is 1. The molecule has 134 valence electrons. The van der Waals surface area contributed by atoms with Crippen molar-refractivity contribution in [2.45, 2.75) is 70.1 Å². The monoisotopic (exact) mass is 328 g/mol. The molecule has 0 radical (unpaired) electrons. The summed E-state index contributed by atoms with van der Waals surface area (Å²) in [5.41, 5.74) is 4.89. The lowest BCUT2D eigenvalue weighted by Crippen LogP contribution is -2.50. The first kappa shape index (κ1) is 20.4. The predicted molar refractivity (Wildman–Crippen MR) is 92.1 cm³/mol. The van der Waals surface area contributed by atoms with Crippen molar-refractivity contribution in [3.63, 3.8) is 0 Å². The van der Waals surface area contributed by atoms with E-state index in [1.165, 1.54) is 25.7 Å². The molecule has 0 bridgehead atoms. The van der Waals surface area contributed by atoms with Crippen molar-refractivity contribution in [2.75, 3.05) is 19.6 Å². The Morgan fingerprint density at radius 2 is 1.91 bits per heavy atom. The molecule has 0 unspecified atom stereocenters. The Hall–Kier alpha value is -0.625. The highest BCUT2D eigenvalue weighted by Crippen LogP contribution is 2.23. The Labute approximate surface area is 140 Å². The van der Waals surface area contributed by atoms with E-state index < -0.39 is 18.6 Å². The lowest BCUT2D eigenvalue weighted by molar-refractivity contribution is -0.144. The van der Waals surface area contributed by atoms with Crippen molar-refractivity contribution in [3.05, 3.63) is 0 Å². The number of nitrogens with two attached hydrogens (primary N) is 1. The molecule has 0 amide bonds. The van der Waals surface area contributed by atoms with E-state index >= 15 is 0 Å². The van der Waals surface area contributed by atoms with Crippen molar-refractivity contribution in [3.8, 4) is 0 Å². The number of carbonyl (C=O) groups is 1. The van der Waals surface area contributed by atoms with E-state index in [1.807, 2.05) is 0 Å². The summed E-state index contributed by atoms with van der Waals surface area (Å²) in [5.74, 6) is -0.133. The number of aliphatic carboxylic acids is 1. The SMILES string of the molecule is CCCC1CCN(CC[C@](N)(CCCCB(O)O)C(=O)O)CC1. The van der Waals surface area contributed by atoms with Crippen molar-refractivity contribution in [2.24, 2.45) is 11.7 Å². The van der Waals surface area contributed by atoms with Gasteiger partial charge in [-0.15, -0.1) is 0 Å². The fourth-order valence-corrected chi connectivity index (χ4v) is 3.37. The van der Waals surface area contributed by atoms with Gasteiger partial charge in [-0.3, -0.25) is 4.79 Å². The zero-order valence-electron chi connectivity index (χ0n) is 14.4. The maximum Gasteiger partial charge on any atom is 0.451 e.